The summed E-state index contributed by atoms with van der Waals surface area (Å²) in [5.74, 6) is 5.79. The molecule has 0 radical (unpaired) electrons. The van der Waals surface area contributed by atoms with E-state index in [9.17, 15) is 4.79 Å². The first-order valence-corrected chi connectivity index (χ1v) is 4.81. The molecule has 3 aliphatic rings. The van der Waals surface area contributed by atoms with Gasteiger partial charge in [-0.3, -0.25) is 21.0 Å². The first-order chi connectivity index (χ1) is 6.31. The van der Waals surface area contributed by atoms with E-state index in [1.165, 1.54) is 12.8 Å². The molecule has 3 rings (SSSR count). The van der Waals surface area contributed by atoms with Gasteiger partial charge >= 0.3 is 0 Å². The van der Waals surface area contributed by atoms with E-state index in [0.29, 0.717) is 0 Å². The van der Waals surface area contributed by atoms with Crippen LogP contribution < -0.4 is 16.8 Å². The van der Waals surface area contributed by atoms with Crippen LogP contribution in [-0.2, 0) is 4.79 Å². The highest BCUT2D eigenvalue weighted by Gasteiger charge is 2.37. The van der Waals surface area contributed by atoms with E-state index in [1.807, 2.05) is 0 Å². The summed E-state index contributed by atoms with van der Waals surface area (Å²) in [4.78, 5) is 13.7. The Labute approximate surface area is 77.6 Å². The molecule has 5 heteroatoms. The van der Waals surface area contributed by atoms with Gasteiger partial charge in [-0.05, 0) is 38.3 Å². The van der Waals surface area contributed by atoms with E-state index >= 15 is 0 Å². The van der Waals surface area contributed by atoms with Crippen LogP contribution in [-0.4, -0.2) is 29.9 Å². The van der Waals surface area contributed by atoms with E-state index in [4.69, 9.17) is 5.84 Å². The number of nitrogens with two attached hydrogens (primary N) is 1. The van der Waals surface area contributed by atoms with Crippen molar-refractivity contribution in [3.63, 3.8) is 0 Å². The molecule has 0 saturated carbocycles. The van der Waals surface area contributed by atoms with E-state index in [1.54, 1.807) is 0 Å². The zero-order valence-corrected chi connectivity index (χ0v) is 7.62. The maximum Gasteiger partial charge on any atom is 0.252 e. The van der Waals surface area contributed by atoms with Crippen LogP contribution in [0.15, 0.2) is 0 Å². The van der Waals surface area contributed by atoms with Crippen LogP contribution in [0.3, 0.4) is 0 Å². The Balaban J connectivity index is 1.96. The smallest absolute Gasteiger partial charge is 0.252 e. The fourth-order valence-electron chi connectivity index (χ4n) is 2.39. The molecule has 4 N–H and O–H groups in total. The average Bonchev–Trinajstić information content (AvgIpc) is 2.20. The van der Waals surface area contributed by atoms with E-state index in [2.05, 4.69) is 15.9 Å². The number of carbonyl (C=O) groups is 1. The molecular weight excluding hydrogens is 168 g/mol. The van der Waals surface area contributed by atoms with E-state index < -0.39 is 0 Å². The molecule has 0 aromatic carbocycles. The van der Waals surface area contributed by atoms with Gasteiger partial charge in [0.1, 0.15) is 0 Å². The molecule has 0 aromatic rings. The molecule has 3 heterocycles. The monoisotopic (exact) mass is 184 g/mol. The molecule has 0 aliphatic carbocycles. The molecule has 74 valence electrons. The van der Waals surface area contributed by atoms with Gasteiger partial charge < -0.3 is 0 Å². The van der Waals surface area contributed by atoms with Crippen molar-refractivity contribution in [1.82, 2.24) is 15.9 Å². The lowest BCUT2D eigenvalue weighted by Gasteiger charge is -2.44. The first-order valence-electron chi connectivity index (χ1n) is 4.81. The van der Waals surface area contributed by atoms with Crippen molar-refractivity contribution < 1.29 is 4.79 Å². The number of nitrogens with zero attached hydrogens (tertiary/aromatic N) is 1. The second-order valence-electron chi connectivity index (χ2n) is 3.86. The molecule has 2 bridgehead atoms. The standard InChI is InChI=1S/C8H16N4O/c9-11-10-8(13)7-5-6-1-3-12(7)4-2-6/h6-7,11H,1-5,9H2,(H,10,13). The van der Waals surface area contributed by atoms with Crippen molar-refractivity contribution in [2.45, 2.75) is 25.3 Å². The average molecular weight is 184 g/mol. The quantitative estimate of drug-likeness (QED) is 0.379. The lowest BCUT2D eigenvalue weighted by molar-refractivity contribution is -0.131. The molecule has 3 saturated heterocycles. The molecule has 3 fully saturated rings. The van der Waals surface area contributed by atoms with Crippen molar-refractivity contribution in [1.29, 1.82) is 0 Å². The van der Waals surface area contributed by atoms with Crippen molar-refractivity contribution in [2.24, 2.45) is 11.8 Å². The number of amides is 1. The van der Waals surface area contributed by atoms with Gasteiger partial charge in [0, 0.05) is 0 Å². The minimum Gasteiger partial charge on any atom is -0.292 e. The third-order valence-electron chi connectivity index (χ3n) is 3.14. The van der Waals surface area contributed by atoms with Crippen LogP contribution in [0.4, 0.5) is 0 Å². The lowest BCUT2D eigenvalue weighted by atomic mass is 9.83. The topological polar surface area (TPSA) is 70.4 Å². The van der Waals surface area contributed by atoms with Gasteiger partial charge in [0.2, 0.25) is 0 Å². The summed E-state index contributed by atoms with van der Waals surface area (Å²) in [6.07, 6.45) is 3.49. The van der Waals surface area contributed by atoms with Crippen molar-refractivity contribution in [2.75, 3.05) is 13.1 Å². The van der Waals surface area contributed by atoms with Crippen LogP contribution >= 0.6 is 0 Å². The molecule has 3 aliphatic heterocycles. The van der Waals surface area contributed by atoms with Gasteiger partial charge in [-0.2, -0.15) is 5.53 Å². The summed E-state index contributed by atoms with van der Waals surface area (Å²) in [6.45, 7) is 2.13. The SMILES string of the molecule is NNNC(=O)C1CC2CCN1CC2. The van der Waals surface area contributed by atoms with Crippen molar-refractivity contribution in [3.05, 3.63) is 0 Å². The summed E-state index contributed by atoms with van der Waals surface area (Å²) in [5.41, 5.74) is 4.65. The number of hydrogen-bond donors (Lipinski definition) is 3. The largest absolute Gasteiger partial charge is 0.292 e. The molecule has 1 amide bonds. The number of fused-ring (bicyclic) bond motifs is 3. The lowest BCUT2D eigenvalue weighted by Crippen LogP contribution is -2.58. The zero-order chi connectivity index (χ0) is 9.26. The van der Waals surface area contributed by atoms with E-state index in [-0.39, 0.29) is 11.9 Å². The van der Waals surface area contributed by atoms with Crippen LogP contribution in [0.5, 0.6) is 0 Å². The van der Waals surface area contributed by atoms with Gasteiger partial charge in [0.15, 0.2) is 0 Å². The summed E-state index contributed by atoms with van der Waals surface area (Å²) < 4.78 is 0. The minimum atomic E-state index is 0.00639. The summed E-state index contributed by atoms with van der Waals surface area (Å²) in [6, 6.07) is 0.0450. The molecule has 0 spiro atoms. The molecule has 5 nitrogen and oxygen atoms in total. The summed E-state index contributed by atoms with van der Waals surface area (Å²) in [5, 5.41) is 0. The maximum absolute atomic E-state index is 11.5. The Morgan fingerprint density at radius 2 is 2.08 bits per heavy atom. The number of hydrazine groups is 2. The number of carbonyl (C=O) groups excluding carboxylic acids is 1. The highest BCUT2D eigenvalue weighted by Crippen LogP contribution is 2.31. The third kappa shape index (κ3) is 1.67. The molecule has 1 atom stereocenters. The molecule has 13 heavy (non-hydrogen) atoms. The fraction of sp³-hybridized carbons (Fsp3) is 0.875. The summed E-state index contributed by atoms with van der Waals surface area (Å²) in [7, 11) is 0. The normalized spacial score (nSPS) is 37.5. The van der Waals surface area contributed by atoms with E-state index in [0.717, 1.165) is 25.4 Å². The number of rotatable bonds is 2. The fourth-order valence-corrected chi connectivity index (χ4v) is 2.39. The van der Waals surface area contributed by atoms with Gasteiger partial charge in [0.25, 0.3) is 5.91 Å². The Morgan fingerprint density at radius 1 is 1.38 bits per heavy atom. The van der Waals surface area contributed by atoms with Gasteiger partial charge in [-0.1, -0.05) is 0 Å². The molecule has 0 aromatic heterocycles. The molecular formula is C8H16N4O. The highest BCUT2D eigenvalue weighted by molar-refractivity contribution is 5.81. The predicted octanol–water partition coefficient (Wildman–Crippen LogP) is -1.03. The van der Waals surface area contributed by atoms with Gasteiger partial charge in [-0.25, -0.2) is 0 Å². The van der Waals surface area contributed by atoms with Gasteiger partial charge in [-0.15, -0.1) is 0 Å². The maximum atomic E-state index is 11.5. The third-order valence-corrected chi connectivity index (χ3v) is 3.14. The Morgan fingerprint density at radius 3 is 2.54 bits per heavy atom. The number of hydrogen-bond acceptors (Lipinski definition) is 4. The Kier molecular flexibility index (Phi) is 2.48. The Hall–Kier alpha value is -0.650. The minimum absolute atomic E-state index is 0.00639. The number of piperidine rings is 3. The van der Waals surface area contributed by atoms with Crippen molar-refractivity contribution >= 4 is 5.91 Å². The van der Waals surface area contributed by atoms with Crippen molar-refractivity contribution in [3.8, 4) is 0 Å². The zero-order valence-electron chi connectivity index (χ0n) is 7.62. The van der Waals surface area contributed by atoms with Crippen LogP contribution in [0.25, 0.3) is 0 Å². The van der Waals surface area contributed by atoms with Gasteiger partial charge in [0.05, 0.1) is 6.04 Å². The second kappa shape index (κ2) is 3.61. The van der Waals surface area contributed by atoms with Crippen LogP contribution in [0.1, 0.15) is 19.3 Å². The molecule has 1 unspecified atom stereocenters. The highest BCUT2D eigenvalue weighted by atomic mass is 16.2. The second-order valence-corrected chi connectivity index (χ2v) is 3.86. The predicted molar refractivity (Wildman–Crippen MR) is 48.2 cm³/mol. The first kappa shape index (κ1) is 8.93. The van der Waals surface area contributed by atoms with Crippen LogP contribution in [0, 0.1) is 5.92 Å². The Bertz CT molecular complexity index is 200. The summed E-state index contributed by atoms with van der Waals surface area (Å²) >= 11 is 0. The van der Waals surface area contributed by atoms with Crippen LogP contribution in [0.2, 0.25) is 0 Å². The number of nitrogens with one attached hydrogen (secondary N) is 2.